The lowest BCUT2D eigenvalue weighted by atomic mass is 10.1. The largest absolute Gasteiger partial charge is 0.493 e. The van der Waals surface area contributed by atoms with E-state index in [-0.39, 0.29) is 0 Å². The van der Waals surface area contributed by atoms with Crippen molar-refractivity contribution < 1.29 is 9.47 Å². The molecule has 0 saturated heterocycles. The van der Waals surface area contributed by atoms with Crippen LogP contribution in [0.4, 0.5) is 0 Å². The Bertz CT molecular complexity index is 1010. The molecular weight excluding hydrogens is 338 g/mol. The summed E-state index contributed by atoms with van der Waals surface area (Å²) in [7, 11) is 3.25. The van der Waals surface area contributed by atoms with E-state index in [2.05, 4.69) is 40.1 Å². The molecule has 27 heavy (non-hydrogen) atoms. The number of hydrogen-bond donors (Lipinski definition) is 1. The van der Waals surface area contributed by atoms with E-state index >= 15 is 0 Å². The molecule has 0 bridgehead atoms. The average molecular weight is 361 g/mol. The molecule has 3 rings (SSSR count). The van der Waals surface area contributed by atoms with E-state index in [1.165, 1.54) is 0 Å². The molecule has 0 radical (unpaired) electrons. The van der Waals surface area contributed by atoms with Gasteiger partial charge in [-0.1, -0.05) is 30.2 Å². The molecule has 1 heterocycles. The van der Waals surface area contributed by atoms with E-state index in [9.17, 15) is 0 Å². The second-order valence-corrected chi connectivity index (χ2v) is 6.09. The van der Waals surface area contributed by atoms with Crippen LogP contribution in [0.3, 0.4) is 0 Å². The Labute approximate surface area is 159 Å². The van der Waals surface area contributed by atoms with E-state index < -0.39 is 0 Å². The molecule has 0 aliphatic carbocycles. The average Bonchev–Trinajstić information content (AvgIpc) is 2.97. The molecule has 0 saturated carbocycles. The molecule has 3 aromatic rings. The molecule has 0 aliphatic heterocycles. The fourth-order valence-corrected chi connectivity index (χ4v) is 3.15. The molecule has 0 aliphatic rings. The number of aromatic nitrogens is 1. The number of rotatable bonds is 7. The first-order chi connectivity index (χ1) is 13.2. The molecule has 0 fully saturated rings. The Morgan fingerprint density at radius 2 is 1.93 bits per heavy atom. The van der Waals surface area contributed by atoms with Gasteiger partial charge in [-0.15, -0.1) is 6.42 Å². The highest BCUT2D eigenvalue weighted by Crippen LogP contribution is 2.27. The molecule has 1 N–H and O–H groups in total. The maximum absolute atomic E-state index is 5.52. The van der Waals surface area contributed by atoms with Gasteiger partial charge >= 0.3 is 0 Å². The maximum Gasteiger partial charge on any atom is 0.161 e. The second kappa shape index (κ2) is 8.33. The summed E-state index contributed by atoms with van der Waals surface area (Å²) < 4.78 is 12.7. The number of nitrogens with zero attached hydrogens (tertiary/aromatic N) is 2. The molecule has 5 heteroatoms. The first-order valence-electron chi connectivity index (χ1n) is 8.67. The van der Waals surface area contributed by atoms with Crippen molar-refractivity contribution in [1.29, 1.82) is 0 Å². The van der Waals surface area contributed by atoms with Crippen molar-refractivity contribution in [3.63, 3.8) is 0 Å². The third kappa shape index (κ3) is 3.75. The van der Waals surface area contributed by atoms with Crippen LogP contribution < -0.4 is 14.9 Å². The van der Waals surface area contributed by atoms with Gasteiger partial charge < -0.3 is 19.5 Å². The number of ether oxygens (including phenoxy) is 2. The first kappa shape index (κ1) is 18.4. The summed E-state index contributed by atoms with van der Waals surface area (Å²) in [6.45, 7) is 3.19. The molecule has 138 valence electrons. The number of hydrazone groups is 1. The SMILES string of the molecule is C#CCn1c(C)c(/C=N/NCc2ccc(OC)c(OC)c2)c2ccccc21. The van der Waals surface area contributed by atoms with Crippen molar-refractivity contribution in [3.8, 4) is 23.8 Å². The number of fused-ring (bicyclic) bond motifs is 1. The summed E-state index contributed by atoms with van der Waals surface area (Å²) >= 11 is 0. The van der Waals surface area contributed by atoms with Gasteiger partial charge in [0.2, 0.25) is 0 Å². The molecule has 0 unspecified atom stereocenters. The Balaban J connectivity index is 1.78. The zero-order chi connectivity index (χ0) is 19.2. The van der Waals surface area contributed by atoms with Gasteiger partial charge in [-0.05, 0) is 30.7 Å². The van der Waals surface area contributed by atoms with E-state index in [0.29, 0.717) is 24.6 Å². The zero-order valence-corrected chi connectivity index (χ0v) is 15.8. The third-order valence-corrected chi connectivity index (χ3v) is 4.55. The lowest BCUT2D eigenvalue weighted by Gasteiger charge is -2.09. The third-order valence-electron chi connectivity index (χ3n) is 4.55. The number of para-hydroxylation sites is 1. The van der Waals surface area contributed by atoms with Crippen LogP contribution in [0.2, 0.25) is 0 Å². The summed E-state index contributed by atoms with van der Waals surface area (Å²) in [6, 6.07) is 14.0. The lowest BCUT2D eigenvalue weighted by Crippen LogP contribution is -2.06. The minimum absolute atomic E-state index is 0.541. The van der Waals surface area contributed by atoms with Crippen LogP contribution in [0.1, 0.15) is 16.8 Å². The highest BCUT2D eigenvalue weighted by molar-refractivity contribution is 6.01. The van der Waals surface area contributed by atoms with Crippen molar-refractivity contribution in [1.82, 2.24) is 9.99 Å². The molecule has 1 aromatic heterocycles. The predicted octanol–water partition coefficient (Wildman–Crippen LogP) is 3.72. The Morgan fingerprint density at radius 3 is 2.67 bits per heavy atom. The number of benzene rings is 2. The summed E-state index contributed by atoms with van der Waals surface area (Å²) in [5.41, 5.74) is 7.44. The summed E-state index contributed by atoms with van der Waals surface area (Å²) in [6.07, 6.45) is 7.38. The smallest absolute Gasteiger partial charge is 0.161 e. The van der Waals surface area contributed by atoms with E-state index in [1.54, 1.807) is 14.2 Å². The van der Waals surface area contributed by atoms with Gasteiger partial charge in [0.05, 0.1) is 33.5 Å². The number of methoxy groups -OCH3 is 2. The predicted molar refractivity (Wildman–Crippen MR) is 109 cm³/mol. The van der Waals surface area contributed by atoms with Gasteiger partial charge in [0.1, 0.15) is 0 Å². The number of hydrogen-bond acceptors (Lipinski definition) is 4. The van der Waals surface area contributed by atoms with Crippen molar-refractivity contribution in [2.75, 3.05) is 14.2 Å². The van der Waals surface area contributed by atoms with Crippen LogP contribution in [0.15, 0.2) is 47.6 Å². The Morgan fingerprint density at radius 1 is 1.15 bits per heavy atom. The first-order valence-corrected chi connectivity index (χ1v) is 8.67. The fourth-order valence-electron chi connectivity index (χ4n) is 3.15. The molecule has 2 aromatic carbocycles. The summed E-state index contributed by atoms with van der Waals surface area (Å²) in [4.78, 5) is 0. The number of nitrogens with one attached hydrogen (secondary N) is 1. The van der Waals surface area contributed by atoms with Crippen LogP contribution in [-0.4, -0.2) is 25.0 Å². The zero-order valence-electron chi connectivity index (χ0n) is 15.8. The standard InChI is InChI=1S/C22H23N3O2/c1-5-12-25-16(2)19(18-8-6-7-9-20(18)25)15-24-23-14-17-10-11-21(26-3)22(13-17)27-4/h1,6-11,13,15,23H,12,14H2,2-4H3/b24-15+. The van der Waals surface area contributed by atoms with Gasteiger partial charge in [0.25, 0.3) is 0 Å². The molecule has 0 spiro atoms. The minimum Gasteiger partial charge on any atom is -0.493 e. The molecule has 0 atom stereocenters. The van der Waals surface area contributed by atoms with Crippen molar-refractivity contribution in [3.05, 3.63) is 59.3 Å². The van der Waals surface area contributed by atoms with Gasteiger partial charge in [-0.3, -0.25) is 0 Å². The summed E-state index contributed by atoms with van der Waals surface area (Å²) in [5.74, 6) is 4.13. The fraction of sp³-hybridized carbons (Fsp3) is 0.227. The Kier molecular flexibility index (Phi) is 5.68. The molecular formula is C22H23N3O2. The Hall–Kier alpha value is -3.39. The van der Waals surface area contributed by atoms with E-state index in [1.807, 2.05) is 36.5 Å². The van der Waals surface area contributed by atoms with Crippen LogP contribution in [-0.2, 0) is 13.1 Å². The van der Waals surface area contributed by atoms with Crippen molar-refractivity contribution in [2.24, 2.45) is 5.10 Å². The minimum atomic E-state index is 0.541. The van der Waals surface area contributed by atoms with Crippen LogP contribution in [0.5, 0.6) is 11.5 Å². The molecule has 0 amide bonds. The van der Waals surface area contributed by atoms with Crippen LogP contribution in [0.25, 0.3) is 10.9 Å². The van der Waals surface area contributed by atoms with Crippen molar-refractivity contribution >= 4 is 17.1 Å². The quantitative estimate of drug-likeness (QED) is 0.396. The second-order valence-electron chi connectivity index (χ2n) is 6.09. The van der Waals surface area contributed by atoms with Crippen LogP contribution in [0, 0.1) is 19.3 Å². The normalized spacial score (nSPS) is 10.9. The van der Waals surface area contributed by atoms with Crippen LogP contribution >= 0.6 is 0 Å². The monoisotopic (exact) mass is 361 g/mol. The molecule has 5 nitrogen and oxygen atoms in total. The van der Waals surface area contributed by atoms with Gasteiger partial charge in [0.15, 0.2) is 11.5 Å². The highest BCUT2D eigenvalue weighted by Gasteiger charge is 2.11. The van der Waals surface area contributed by atoms with E-state index in [4.69, 9.17) is 15.9 Å². The lowest BCUT2D eigenvalue weighted by molar-refractivity contribution is 0.354. The van der Waals surface area contributed by atoms with Crippen molar-refractivity contribution in [2.45, 2.75) is 20.0 Å². The number of terminal acetylenes is 1. The topological polar surface area (TPSA) is 47.8 Å². The summed E-state index contributed by atoms with van der Waals surface area (Å²) in [5, 5.41) is 5.55. The van der Waals surface area contributed by atoms with Gasteiger partial charge in [0, 0.05) is 22.2 Å². The highest BCUT2D eigenvalue weighted by atomic mass is 16.5. The van der Waals surface area contributed by atoms with Gasteiger partial charge in [-0.2, -0.15) is 5.10 Å². The van der Waals surface area contributed by atoms with E-state index in [0.717, 1.165) is 27.7 Å². The maximum atomic E-state index is 5.52. The van der Waals surface area contributed by atoms with Gasteiger partial charge in [-0.25, -0.2) is 0 Å².